The second-order valence-electron chi connectivity index (χ2n) is 4.73. The predicted molar refractivity (Wildman–Crippen MR) is 72.5 cm³/mol. The van der Waals surface area contributed by atoms with E-state index >= 15 is 0 Å². The summed E-state index contributed by atoms with van der Waals surface area (Å²) in [7, 11) is 1.79. The van der Waals surface area contributed by atoms with Crippen molar-refractivity contribution in [1.29, 1.82) is 0 Å². The number of aliphatic hydroxyl groups excluding tert-OH is 1. The highest BCUT2D eigenvalue weighted by atomic mass is 35.5. The number of aryl methyl sites for hydroxylation is 1. The molecule has 0 radical (unpaired) electrons. The molecule has 1 N–H and O–H groups in total. The van der Waals surface area contributed by atoms with Crippen molar-refractivity contribution in [3.63, 3.8) is 0 Å². The molecule has 4 nitrogen and oxygen atoms in total. The van der Waals surface area contributed by atoms with Crippen LogP contribution in [-0.2, 0) is 7.05 Å². The number of aromatic nitrogens is 2. The minimum atomic E-state index is -0.676. The van der Waals surface area contributed by atoms with Crippen LogP contribution in [0.2, 0.25) is 5.02 Å². The van der Waals surface area contributed by atoms with E-state index in [1.807, 2.05) is 24.3 Å². The van der Waals surface area contributed by atoms with Crippen molar-refractivity contribution in [2.45, 2.75) is 18.4 Å². The average Bonchev–Trinajstić information content (AvgIpc) is 2.77. The fraction of sp³-hybridized carbons (Fsp3) is 0.357. The van der Waals surface area contributed by atoms with Crippen LogP contribution in [0.4, 0.5) is 0 Å². The first kappa shape index (κ1) is 12.5. The SMILES string of the molecule is Cn1ncc(Cl)c1C(O)C1CCOc2ccccc21. The van der Waals surface area contributed by atoms with Gasteiger partial charge in [-0.05, 0) is 12.5 Å². The molecule has 2 unspecified atom stereocenters. The summed E-state index contributed by atoms with van der Waals surface area (Å²) in [6, 6.07) is 7.81. The van der Waals surface area contributed by atoms with Gasteiger partial charge in [0.15, 0.2) is 0 Å². The van der Waals surface area contributed by atoms with Crippen LogP contribution >= 0.6 is 11.6 Å². The number of ether oxygens (including phenoxy) is 1. The minimum Gasteiger partial charge on any atom is -0.493 e. The molecule has 0 aliphatic carbocycles. The molecule has 5 heteroatoms. The van der Waals surface area contributed by atoms with E-state index in [1.165, 1.54) is 0 Å². The van der Waals surface area contributed by atoms with E-state index < -0.39 is 6.10 Å². The second kappa shape index (κ2) is 4.87. The van der Waals surface area contributed by atoms with Crippen LogP contribution in [0.5, 0.6) is 5.75 Å². The lowest BCUT2D eigenvalue weighted by Crippen LogP contribution is -2.21. The van der Waals surface area contributed by atoms with Gasteiger partial charge in [-0.25, -0.2) is 0 Å². The van der Waals surface area contributed by atoms with Crippen molar-refractivity contribution < 1.29 is 9.84 Å². The van der Waals surface area contributed by atoms with Crippen molar-refractivity contribution in [2.75, 3.05) is 6.61 Å². The first-order valence-corrected chi connectivity index (χ1v) is 6.63. The third-order valence-corrected chi connectivity index (χ3v) is 3.90. The molecule has 0 saturated heterocycles. The van der Waals surface area contributed by atoms with E-state index in [9.17, 15) is 5.11 Å². The zero-order chi connectivity index (χ0) is 13.4. The molecule has 0 amide bonds. The second-order valence-corrected chi connectivity index (χ2v) is 5.13. The average molecular weight is 279 g/mol. The Hall–Kier alpha value is -1.52. The molecule has 2 heterocycles. The Labute approximate surface area is 116 Å². The summed E-state index contributed by atoms with van der Waals surface area (Å²) < 4.78 is 7.25. The minimum absolute atomic E-state index is 0.0159. The van der Waals surface area contributed by atoms with Gasteiger partial charge in [-0.2, -0.15) is 5.10 Å². The van der Waals surface area contributed by atoms with Gasteiger partial charge in [0.25, 0.3) is 0 Å². The zero-order valence-corrected chi connectivity index (χ0v) is 11.3. The molecule has 0 fully saturated rings. The quantitative estimate of drug-likeness (QED) is 0.919. The molecule has 2 aromatic rings. The van der Waals surface area contributed by atoms with E-state index in [4.69, 9.17) is 16.3 Å². The summed E-state index contributed by atoms with van der Waals surface area (Å²) in [5.74, 6) is 0.828. The topological polar surface area (TPSA) is 47.3 Å². The maximum Gasteiger partial charge on any atom is 0.122 e. The Kier molecular flexibility index (Phi) is 3.21. The number of para-hydroxylation sites is 1. The van der Waals surface area contributed by atoms with Gasteiger partial charge in [0.05, 0.1) is 23.5 Å². The highest BCUT2D eigenvalue weighted by Crippen LogP contribution is 2.42. The molecule has 0 spiro atoms. The number of halogens is 1. The fourth-order valence-corrected chi connectivity index (χ4v) is 2.92. The van der Waals surface area contributed by atoms with Crippen molar-refractivity contribution >= 4 is 11.6 Å². The summed E-state index contributed by atoms with van der Waals surface area (Å²) in [5.41, 5.74) is 1.68. The van der Waals surface area contributed by atoms with E-state index in [0.29, 0.717) is 17.3 Å². The Morgan fingerprint density at radius 3 is 3.00 bits per heavy atom. The van der Waals surface area contributed by atoms with Crippen LogP contribution < -0.4 is 4.74 Å². The molecule has 2 atom stereocenters. The van der Waals surface area contributed by atoms with Crippen LogP contribution in [0.3, 0.4) is 0 Å². The van der Waals surface area contributed by atoms with Gasteiger partial charge < -0.3 is 9.84 Å². The molecule has 0 saturated carbocycles. The maximum atomic E-state index is 10.6. The molecule has 100 valence electrons. The third kappa shape index (κ3) is 2.11. The summed E-state index contributed by atoms with van der Waals surface area (Å²) in [6.45, 7) is 0.605. The van der Waals surface area contributed by atoms with Crippen LogP contribution in [-0.4, -0.2) is 21.5 Å². The third-order valence-electron chi connectivity index (χ3n) is 3.60. The number of hydrogen-bond donors (Lipinski definition) is 1. The van der Waals surface area contributed by atoms with Crippen LogP contribution in [0.1, 0.15) is 29.7 Å². The molecule has 19 heavy (non-hydrogen) atoms. The van der Waals surface area contributed by atoms with Crippen LogP contribution in [0, 0.1) is 0 Å². The molecule has 1 aliphatic heterocycles. The Morgan fingerprint density at radius 2 is 2.26 bits per heavy atom. The highest BCUT2D eigenvalue weighted by Gasteiger charge is 2.31. The summed E-state index contributed by atoms with van der Waals surface area (Å²) in [5, 5.41) is 15.2. The largest absolute Gasteiger partial charge is 0.493 e. The smallest absolute Gasteiger partial charge is 0.122 e. The Bertz CT molecular complexity index is 577. The fourth-order valence-electron chi connectivity index (χ4n) is 2.64. The van der Waals surface area contributed by atoms with E-state index in [-0.39, 0.29) is 5.92 Å². The molecular formula is C14H15ClN2O2. The molecule has 0 bridgehead atoms. The van der Waals surface area contributed by atoms with Gasteiger partial charge >= 0.3 is 0 Å². The maximum absolute atomic E-state index is 10.6. The lowest BCUT2D eigenvalue weighted by atomic mass is 9.87. The summed E-state index contributed by atoms with van der Waals surface area (Å²) >= 11 is 6.11. The number of hydrogen-bond acceptors (Lipinski definition) is 3. The van der Waals surface area contributed by atoms with E-state index in [1.54, 1.807) is 17.9 Å². The standard InChI is InChI=1S/C14H15ClN2O2/c1-17-13(11(15)8-16-17)14(18)10-6-7-19-12-5-3-2-4-9(10)12/h2-5,8,10,14,18H,6-7H2,1H3. The lowest BCUT2D eigenvalue weighted by Gasteiger charge is -2.29. The zero-order valence-electron chi connectivity index (χ0n) is 10.6. The molecule has 1 aromatic carbocycles. The van der Waals surface area contributed by atoms with E-state index in [2.05, 4.69) is 5.10 Å². The monoisotopic (exact) mass is 278 g/mol. The normalized spacial score (nSPS) is 19.6. The Balaban J connectivity index is 2.00. The van der Waals surface area contributed by atoms with Crippen molar-refractivity contribution in [2.24, 2.45) is 7.05 Å². The van der Waals surface area contributed by atoms with Gasteiger partial charge in [0, 0.05) is 18.5 Å². The first-order chi connectivity index (χ1) is 9.18. The van der Waals surface area contributed by atoms with Crippen molar-refractivity contribution in [3.8, 4) is 5.75 Å². The van der Waals surface area contributed by atoms with Gasteiger partial charge in [-0.15, -0.1) is 0 Å². The first-order valence-electron chi connectivity index (χ1n) is 6.25. The van der Waals surface area contributed by atoms with Gasteiger partial charge in [-0.1, -0.05) is 29.8 Å². The Morgan fingerprint density at radius 1 is 1.47 bits per heavy atom. The number of fused-ring (bicyclic) bond motifs is 1. The molecule has 1 aromatic heterocycles. The van der Waals surface area contributed by atoms with Gasteiger partial charge in [0.2, 0.25) is 0 Å². The lowest BCUT2D eigenvalue weighted by molar-refractivity contribution is 0.110. The predicted octanol–water partition coefficient (Wildman–Crippen LogP) is 2.67. The van der Waals surface area contributed by atoms with E-state index in [0.717, 1.165) is 17.7 Å². The number of benzene rings is 1. The number of nitrogens with zero attached hydrogens (tertiary/aromatic N) is 2. The van der Waals surface area contributed by atoms with Crippen molar-refractivity contribution in [3.05, 3.63) is 46.7 Å². The summed E-state index contributed by atoms with van der Waals surface area (Å²) in [4.78, 5) is 0. The van der Waals surface area contributed by atoms with Gasteiger partial charge in [0.1, 0.15) is 11.9 Å². The van der Waals surface area contributed by atoms with Gasteiger partial charge in [-0.3, -0.25) is 4.68 Å². The molecule has 1 aliphatic rings. The van der Waals surface area contributed by atoms with Crippen LogP contribution in [0.15, 0.2) is 30.5 Å². The number of aliphatic hydroxyl groups is 1. The molecule has 3 rings (SSSR count). The number of rotatable bonds is 2. The highest BCUT2D eigenvalue weighted by molar-refractivity contribution is 6.31. The van der Waals surface area contributed by atoms with Crippen molar-refractivity contribution in [1.82, 2.24) is 9.78 Å². The summed E-state index contributed by atoms with van der Waals surface area (Å²) in [6.07, 6.45) is 1.65. The van der Waals surface area contributed by atoms with Crippen LogP contribution in [0.25, 0.3) is 0 Å². The molecular weight excluding hydrogens is 264 g/mol.